The van der Waals surface area contributed by atoms with Crippen molar-refractivity contribution in [2.24, 2.45) is 0 Å². The number of pyridine rings is 1. The summed E-state index contributed by atoms with van der Waals surface area (Å²) in [5.41, 5.74) is 2.74. The van der Waals surface area contributed by atoms with Gasteiger partial charge in [0.05, 0.1) is 7.11 Å². The van der Waals surface area contributed by atoms with Crippen molar-refractivity contribution >= 4 is 6.09 Å². The summed E-state index contributed by atoms with van der Waals surface area (Å²) in [5.74, 6) is -0.811. The number of hydrogen-bond donors (Lipinski definition) is 3. The lowest BCUT2D eigenvalue weighted by atomic mass is 9.98. The number of alkyl carbamates (subject to hydrolysis) is 1. The van der Waals surface area contributed by atoms with Gasteiger partial charge in [0.25, 0.3) is 0 Å². The van der Waals surface area contributed by atoms with Crippen LogP contribution in [-0.4, -0.2) is 47.7 Å². The highest BCUT2D eigenvalue weighted by molar-refractivity contribution is 5.79. The number of carbonyl (C=O) groups excluding carboxylic acids is 1. The first-order chi connectivity index (χ1) is 16.7. The summed E-state index contributed by atoms with van der Waals surface area (Å²) in [6.45, 7) is -0.402. The minimum atomic E-state index is -4.77. The fourth-order valence-corrected chi connectivity index (χ4v) is 4.17. The monoisotopic (exact) mass is 488 g/mol. The van der Waals surface area contributed by atoms with Crippen molar-refractivity contribution in [2.75, 3.05) is 20.3 Å². The molecule has 0 spiro atoms. The molecule has 184 valence electrons. The number of methoxy groups -OCH3 is 1. The molecule has 1 aliphatic carbocycles. The maximum Gasteiger partial charge on any atom is 0.421 e. The van der Waals surface area contributed by atoms with E-state index >= 15 is 0 Å². The highest BCUT2D eigenvalue weighted by Gasteiger charge is 2.36. The number of benzene rings is 2. The van der Waals surface area contributed by atoms with E-state index in [0.29, 0.717) is 6.07 Å². The molecule has 1 heterocycles. The fourth-order valence-electron chi connectivity index (χ4n) is 4.17. The molecule has 3 aromatic rings. The molecule has 0 saturated carbocycles. The van der Waals surface area contributed by atoms with E-state index in [1.807, 2.05) is 48.5 Å². The van der Waals surface area contributed by atoms with Crippen LogP contribution in [0.4, 0.5) is 18.0 Å². The third-order valence-corrected chi connectivity index (χ3v) is 5.88. The molecular formula is C25H23F3N2O5. The van der Waals surface area contributed by atoms with E-state index in [0.717, 1.165) is 35.6 Å². The molecule has 0 bridgehead atoms. The van der Waals surface area contributed by atoms with Crippen molar-refractivity contribution < 1.29 is 37.7 Å². The summed E-state index contributed by atoms with van der Waals surface area (Å²) in [4.78, 5) is 15.8. The molecule has 10 heteroatoms. The lowest BCUT2D eigenvalue weighted by Gasteiger charge is -2.20. The normalized spacial score (nSPS) is 14.6. The standard InChI is InChI=1S/C25H23F3N2O5/c1-34-23-20(25(26,27)28)10-14(11-29-23)22(32)21(31)12-30-24(33)35-13-19-17-8-4-2-6-15(17)16-7-3-5-9-18(16)19/h2-11,19,21-22,31-32H,12-13H2,1H3,(H,30,33). The number of halogens is 3. The summed E-state index contributed by atoms with van der Waals surface area (Å²) in [5, 5.41) is 22.8. The second kappa shape index (κ2) is 9.93. The van der Waals surface area contributed by atoms with Crippen LogP contribution < -0.4 is 10.1 Å². The maximum absolute atomic E-state index is 13.2. The minimum Gasteiger partial charge on any atom is -0.481 e. The van der Waals surface area contributed by atoms with E-state index in [4.69, 9.17) is 4.74 Å². The zero-order valence-corrected chi connectivity index (χ0v) is 18.6. The average Bonchev–Trinajstić information content (AvgIpc) is 3.18. The van der Waals surface area contributed by atoms with Crippen LogP contribution in [0.15, 0.2) is 60.8 Å². The fraction of sp³-hybridized carbons (Fsp3) is 0.280. The first-order valence-corrected chi connectivity index (χ1v) is 10.8. The van der Waals surface area contributed by atoms with Crippen LogP contribution in [-0.2, 0) is 10.9 Å². The molecule has 3 N–H and O–H groups in total. The number of hydrogen-bond acceptors (Lipinski definition) is 6. The molecule has 4 rings (SSSR count). The molecule has 1 aliphatic rings. The summed E-state index contributed by atoms with van der Waals surface area (Å²) in [6, 6.07) is 16.3. The minimum absolute atomic E-state index is 0.0514. The number of fused-ring (bicyclic) bond motifs is 3. The van der Waals surface area contributed by atoms with E-state index in [-0.39, 0.29) is 18.1 Å². The Balaban J connectivity index is 1.36. The third kappa shape index (κ3) is 5.08. The van der Waals surface area contributed by atoms with E-state index in [1.165, 1.54) is 0 Å². The molecule has 0 radical (unpaired) electrons. The van der Waals surface area contributed by atoms with E-state index in [2.05, 4.69) is 15.0 Å². The summed E-state index contributed by atoms with van der Waals surface area (Å²) < 4.78 is 49.5. The third-order valence-electron chi connectivity index (χ3n) is 5.88. The number of aromatic nitrogens is 1. The number of ether oxygens (including phenoxy) is 2. The summed E-state index contributed by atoms with van der Waals surface area (Å²) in [6.07, 6.45) is -7.97. The van der Waals surface area contributed by atoms with Crippen LogP contribution in [0, 0.1) is 0 Å². The number of rotatable bonds is 7. The first-order valence-electron chi connectivity index (χ1n) is 10.8. The Hall–Kier alpha value is -3.63. The number of carbonyl (C=O) groups is 1. The molecule has 2 unspecified atom stereocenters. The topological polar surface area (TPSA) is 101 Å². The second-order valence-electron chi connectivity index (χ2n) is 8.04. The number of aliphatic hydroxyl groups excluding tert-OH is 2. The summed E-state index contributed by atoms with van der Waals surface area (Å²) >= 11 is 0. The Morgan fingerprint density at radius 2 is 1.69 bits per heavy atom. The van der Waals surface area contributed by atoms with Crippen LogP contribution in [0.2, 0.25) is 0 Å². The van der Waals surface area contributed by atoms with Crippen molar-refractivity contribution in [1.82, 2.24) is 10.3 Å². The Morgan fingerprint density at radius 1 is 1.09 bits per heavy atom. The zero-order valence-electron chi connectivity index (χ0n) is 18.6. The molecule has 0 saturated heterocycles. The molecule has 2 atom stereocenters. The molecular weight excluding hydrogens is 465 g/mol. The van der Waals surface area contributed by atoms with Gasteiger partial charge in [0.2, 0.25) is 5.88 Å². The lowest BCUT2D eigenvalue weighted by Crippen LogP contribution is -2.36. The molecule has 0 fully saturated rings. The highest BCUT2D eigenvalue weighted by atomic mass is 19.4. The number of aliphatic hydroxyl groups is 2. The van der Waals surface area contributed by atoms with Crippen molar-refractivity contribution in [1.29, 1.82) is 0 Å². The molecule has 1 amide bonds. The maximum atomic E-state index is 13.2. The van der Waals surface area contributed by atoms with Crippen molar-refractivity contribution in [3.05, 3.63) is 83.0 Å². The van der Waals surface area contributed by atoms with Gasteiger partial charge >= 0.3 is 12.3 Å². The molecule has 7 nitrogen and oxygen atoms in total. The molecule has 2 aromatic carbocycles. The number of nitrogens with zero attached hydrogens (tertiary/aromatic N) is 1. The highest BCUT2D eigenvalue weighted by Crippen LogP contribution is 2.44. The van der Waals surface area contributed by atoms with E-state index < -0.39 is 42.5 Å². The molecule has 1 aromatic heterocycles. The van der Waals surface area contributed by atoms with Crippen LogP contribution in [0.1, 0.15) is 34.3 Å². The van der Waals surface area contributed by atoms with Gasteiger partial charge in [-0.2, -0.15) is 13.2 Å². The molecule has 0 aliphatic heterocycles. The summed E-state index contributed by atoms with van der Waals surface area (Å²) in [7, 11) is 1.04. The average molecular weight is 488 g/mol. The van der Waals surface area contributed by atoms with E-state index in [1.54, 1.807) is 0 Å². The quantitative estimate of drug-likeness (QED) is 0.464. The second-order valence-corrected chi connectivity index (χ2v) is 8.04. The van der Waals surface area contributed by atoms with Crippen LogP contribution >= 0.6 is 0 Å². The zero-order chi connectivity index (χ0) is 25.2. The van der Waals surface area contributed by atoms with Gasteiger partial charge in [0.15, 0.2) is 0 Å². The SMILES string of the molecule is COc1ncc(C(O)C(O)CNC(=O)OCC2c3ccccc3-c3ccccc32)cc1C(F)(F)F. The molecule has 35 heavy (non-hydrogen) atoms. The number of alkyl halides is 3. The number of amides is 1. The van der Waals surface area contributed by atoms with Crippen molar-refractivity contribution in [3.8, 4) is 17.0 Å². The first kappa shape index (κ1) is 24.5. The van der Waals surface area contributed by atoms with Crippen LogP contribution in [0.25, 0.3) is 11.1 Å². The lowest BCUT2D eigenvalue weighted by molar-refractivity contribution is -0.139. The largest absolute Gasteiger partial charge is 0.481 e. The Morgan fingerprint density at radius 3 is 2.26 bits per heavy atom. The van der Waals surface area contributed by atoms with Crippen LogP contribution in [0.5, 0.6) is 5.88 Å². The van der Waals surface area contributed by atoms with Gasteiger partial charge in [0, 0.05) is 24.2 Å². The predicted molar refractivity (Wildman–Crippen MR) is 120 cm³/mol. The van der Waals surface area contributed by atoms with Gasteiger partial charge in [-0.25, -0.2) is 9.78 Å². The van der Waals surface area contributed by atoms with Gasteiger partial charge in [-0.1, -0.05) is 48.5 Å². The van der Waals surface area contributed by atoms with Gasteiger partial charge < -0.3 is 25.0 Å². The Kier molecular flexibility index (Phi) is 6.95. The van der Waals surface area contributed by atoms with E-state index in [9.17, 15) is 28.2 Å². The smallest absolute Gasteiger partial charge is 0.421 e. The van der Waals surface area contributed by atoms with Gasteiger partial charge in [-0.3, -0.25) is 0 Å². The van der Waals surface area contributed by atoms with Gasteiger partial charge in [0.1, 0.15) is 24.4 Å². The van der Waals surface area contributed by atoms with Crippen LogP contribution in [0.3, 0.4) is 0 Å². The number of nitrogens with one attached hydrogen (secondary N) is 1. The van der Waals surface area contributed by atoms with Gasteiger partial charge in [-0.05, 0) is 28.3 Å². The Bertz CT molecular complexity index is 1170. The van der Waals surface area contributed by atoms with Crippen molar-refractivity contribution in [2.45, 2.75) is 24.3 Å². The predicted octanol–water partition coefficient (Wildman–Crippen LogP) is 4.04. The Labute approximate surface area is 199 Å². The van der Waals surface area contributed by atoms with Gasteiger partial charge in [-0.15, -0.1) is 0 Å². The van der Waals surface area contributed by atoms with Crippen molar-refractivity contribution in [3.63, 3.8) is 0 Å².